The molecule has 2 aromatic heterocycles. The van der Waals surface area contributed by atoms with Crippen LogP contribution in [0.25, 0.3) is 11.0 Å². The average molecular weight is 445 g/mol. The summed E-state index contributed by atoms with van der Waals surface area (Å²) in [5, 5.41) is 0.972. The molecule has 1 saturated carbocycles. The summed E-state index contributed by atoms with van der Waals surface area (Å²) in [4.78, 5) is 19.8. The third-order valence-corrected chi connectivity index (χ3v) is 6.76. The largest absolute Gasteiger partial charge is 0.461 e. The van der Waals surface area contributed by atoms with Crippen molar-refractivity contribution in [3.63, 3.8) is 0 Å². The highest BCUT2D eigenvalue weighted by Gasteiger charge is 2.61. The summed E-state index contributed by atoms with van der Waals surface area (Å²) in [5.41, 5.74) is 0.651. The van der Waals surface area contributed by atoms with Crippen LogP contribution in [0.5, 0.6) is 0 Å². The van der Waals surface area contributed by atoms with Crippen LogP contribution in [0.15, 0.2) is 22.7 Å². The fourth-order valence-corrected chi connectivity index (χ4v) is 4.78. The molecule has 1 amide bonds. The lowest BCUT2D eigenvalue weighted by Gasteiger charge is -2.55. The molecular weight excluding hydrogens is 408 g/mol. The Bertz CT molecular complexity index is 922. The number of fused-ring (bicyclic) bond motifs is 1. The van der Waals surface area contributed by atoms with Crippen LogP contribution in [-0.4, -0.2) is 55.2 Å². The van der Waals surface area contributed by atoms with Crippen molar-refractivity contribution in [3.8, 4) is 0 Å². The Morgan fingerprint density at radius 1 is 1.25 bits per heavy atom. The van der Waals surface area contributed by atoms with Gasteiger partial charge in [0.2, 0.25) is 0 Å². The topological polar surface area (TPSA) is 74.0 Å². The van der Waals surface area contributed by atoms with Crippen molar-refractivity contribution in [1.29, 1.82) is 0 Å². The minimum absolute atomic E-state index is 0.0543. The van der Waals surface area contributed by atoms with E-state index in [4.69, 9.17) is 18.6 Å². The van der Waals surface area contributed by atoms with Gasteiger partial charge in [0.25, 0.3) is 5.91 Å². The van der Waals surface area contributed by atoms with Gasteiger partial charge < -0.3 is 23.5 Å². The number of hydrogen-bond donors (Lipinski definition) is 0. The maximum atomic E-state index is 13.4. The van der Waals surface area contributed by atoms with Crippen LogP contribution in [0, 0.1) is 11.8 Å². The first kappa shape index (κ1) is 23.2. The molecule has 0 bridgehead atoms. The van der Waals surface area contributed by atoms with Gasteiger partial charge in [0.15, 0.2) is 5.60 Å². The fraction of sp³-hybridized carbons (Fsp3) is 0.680. The number of rotatable bonds is 13. The molecule has 2 fully saturated rings. The maximum absolute atomic E-state index is 13.4. The van der Waals surface area contributed by atoms with Gasteiger partial charge in [0.1, 0.15) is 24.9 Å². The van der Waals surface area contributed by atoms with Crippen molar-refractivity contribution in [3.05, 3.63) is 29.8 Å². The van der Waals surface area contributed by atoms with Crippen molar-refractivity contribution in [2.24, 2.45) is 11.8 Å². The molecule has 1 aliphatic heterocycles. The van der Waals surface area contributed by atoms with Gasteiger partial charge in [0, 0.05) is 38.6 Å². The molecule has 0 spiro atoms. The van der Waals surface area contributed by atoms with E-state index in [0.29, 0.717) is 12.3 Å². The molecule has 2 aliphatic rings. The van der Waals surface area contributed by atoms with Crippen LogP contribution in [0.4, 0.5) is 0 Å². The summed E-state index contributed by atoms with van der Waals surface area (Å²) in [6, 6.07) is 3.91. The average Bonchev–Trinajstić information content (AvgIpc) is 3.51. The van der Waals surface area contributed by atoms with E-state index in [1.165, 1.54) is 19.3 Å². The van der Waals surface area contributed by atoms with Crippen LogP contribution < -0.4 is 0 Å². The van der Waals surface area contributed by atoms with E-state index in [9.17, 15) is 4.79 Å². The number of aryl methyl sites for hydroxylation is 1. The van der Waals surface area contributed by atoms with Gasteiger partial charge in [-0.2, -0.15) is 0 Å². The Labute approximate surface area is 190 Å². The summed E-state index contributed by atoms with van der Waals surface area (Å²) in [6.07, 6.45) is 8.77. The minimum atomic E-state index is -1.00. The van der Waals surface area contributed by atoms with Gasteiger partial charge in [-0.05, 0) is 43.2 Å². The van der Waals surface area contributed by atoms with Crippen molar-refractivity contribution < 1.29 is 23.4 Å². The van der Waals surface area contributed by atoms with Gasteiger partial charge in [0.05, 0.1) is 11.7 Å². The monoisotopic (exact) mass is 444 g/mol. The smallest absolute Gasteiger partial charge is 0.259 e. The molecule has 1 saturated heterocycles. The van der Waals surface area contributed by atoms with Crippen molar-refractivity contribution in [2.45, 2.75) is 70.4 Å². The van der Waals surface area contributed by atoms with Crippen molar-refractivity contribution in [2.75, 3.05) is 27.7 Å². The first-order valence-corrected chi connectivity index (χ1v) is 11.8. The van der Waals surface area contributed by atoms with E-state index in [-0.39, 0.29) is 25.5 Å². The Kier molecular flexibility index (Phi) is 7.17. The number of hydrogen-bond acceptors (Lipinski definition) is 6. The highest BCUT2D eigenvalue weighted by atomic mass is 16.7. The summed E-state index contributed by atoms with van der Waals surface area (Å²) >= 11 is 0. The van der Waals surface area contributed by atoms with E-state index in [1.807, 2.05) is 6.07 Å². The zero-order valence-corrected chi connectivity index (χ0v) is 19.8. The van der Waals surface area contributed by atoms with E-state index in [0.717, 1.165) is 47.6 Å². The number of β-lactam (4-membered cyclic amide) rings is 1. The summed E-state index contributed by atoms with van der Waals surface area (Å²) in [6.45, 7) is 4.69. The number of carbonyl (C=O) groups is 1. The molecular formula is C25H36N2O5. The van der Waals surface area contributed by atoms with Crippen LogP contribution in [0.1, 0.15) is 57.4 Å². The second kappa shape index (κ2) is 9.89. The van der Waals surface area contributed by atoms with Gasteiger partial charge >= 0.3 is 0 Å². The number of likely N-dealkylation sites (tertiary alicyclic amines) is 1. The molecule has 0 radical (unpaired) electrons. The number of ether oxygens (including phenoxy) is 3. The van der Waals surface area contributed by atoms with Crippen LogP contribution >= 0.6 is 0 Å². The van der Waals surface area contributed by atoms with Gasteiger partial charge in [-0.3, -0.25) is 9.78 Å². The molecule has 0 aromatic carbocycles. The Hall–Kier alpha value is -1.96. The third-order valence-electron chi connectivity index (χ3n) is 6.76. The second-order valence-electron chi connectivity index (χ2n) is 9.66. The van der Waals surface area contributed by atoms with E-state index in [2.05, 4.69) is 24.9 Å². The van der Waals surface area contributed by atoms with Gasteiger partial charge in [-0.15, -0.1) is 0 Å². The minimum Gasteiger partial charge on any atom is -0.461 e. The molecule has 2 atom stereocenters. The number of pyridine rings is 1. The van der Waals surface area contributed by atoms with Crippen LogP contribution in [-0.2, 0) is 31.8 Å². The molecule has 1 aliphatic carbocycles. The Morgan fingerprint density at radius 3 is 2.75 bits per heavy atom. The van der Waals surface area contributed by atoms with Crippen molar-refractivity contribution in [1.82, 2.24) is 9.88 Å². The Morgan fingerprint density at radius 2 is 2.06 bits per heavy atom. The zero-order valence-electron chi connectivity index (χ0n) is 19.8. The number of methoxy groups -OCH3 is 2. The van der Waals surface area contributed by atoms with Crippen molar-refractivity contribution >= 4 is 16.9 Å². The molecule has 7 nitrogen and oxygen atoms in total. The third kappa shape index (κ3) is 4.70. The lowest BCUT2D eigenvalue weighted by Crippen LogP contribution is -2.76. The standard InChI is InChI=1S/C25H36N2O5/c1-17(2)5-10-23-25(31-16-30-4,24(28)27(23)15-29-3)14-21-20-13-19(9-8-18-6-7-18)32-22(20)11-12-26-21/h11-13,17-18,23H,5-10,14-16H2,1-4H3/t23-,25+/m0/s1. The first-order chi connectivity index (χ1) is 15.5. The maximum Gasteiger partial charge on any atom is 0.259 e. The molecule has 7 heteroatoms. The molecule has 2 aromatic rings. The zero-order chi connectivity index (χ0) is 22.7. The molecule has 3 heterocycles. The summed E-state index contributed by atoms with van der Waals surface area (Å²) in [5.74, 6) is 2.30. The van der Waals surface area contributed by atoms with E-state index >= 15 is 0 Å². The quantitative estimate of drug-likeness (QED) is 0.338. The SMILES string of the molecule is COCO[C@@]1(Cc2nccc3oc(CCC4CC4)cc23)C(=O)N(COC)[C@H]1CCC(C)C. The van der Waals surface area contributed by atoms with Crippen LogP contribution in [0.3, 0.4) is 0 Å². The fourth-order valence-electron chi connectivity index (χ4n) is 4.78. The first-order valence-electron chi connectivity index (χ1n) is 11.8. The normalized spacial score (nSPS) is 23.3. The molecule has 176 valence electrons. The number of nitrogens with zero attached hydrogens (tertiary/aromatic N) is 2. The van der Waals surface area contributed by atoms with E-state index < -0.39 is 5.60 Å². The summed E-state index contributed by atoms with van der Waals surface area (Å²) in [7, 11) is 3.19. The highest BCUT2D eigenvalue weighted by Crippen LogP contribution is 2.42. The number of carbonyl (C=O) groups excluding carboxylic acids is 1. The molecule has 4 rings (SSSR count). The summed E-state index contributed by atoms with van der Waals surface area (Å²) < 4.78 is 22.8. The predicted molar refractivity (Wildman–Crippen MR) is 121 cm³/mol. The van der Waals surface area contributed by atoms with E-state index in [1.54, 1.807) is 25.3 Å². The van der Waals surface area contributed by atoms with Gasteiger partial charge in [-0.1, -0.05) is 26.7 Å². The molecule has 32 heavy (non-hydrogen) atoms. The molecule has 0 N–H and O–H groups in total. The number of amides is 1. The van der Waals surface area contributed by atoms with Gasteiger partial charge in [-0.25, -0.2) is 0 Å². The second-order valence-corrected chi connectivity index (χ2v) is 9.66. The Balaban J connectivity index is 1.62. The predicted octanol–water partition coefficient (Wildman–Crippen LogP) is 4.32. The number of aromatic nitrogens is 1. The lowest BCUT2D eigenvalue weighted by molar-refractivity contribution is -0.234. The molecule has 0 unspecified atom stereocenters. The van der Waals surface area contributed by atoms with Crippen LogP contribution in [0.2, 0.25) is 0 Å². The highest BCUT2D eigenvalue weighted by molar-refractivity contribution is 5.94. The number of furan rings is 1. The lowest BCUT2D eigenvalue weighted by atomic mass is 9.75.